The lowest BCUT2D eigenvalue weighted by Crippen LogP contribution is -2.03. The van der Waals surface area contributed by atoms with E-state index in [2.05, 4.69) is 4.98 Å². The molecule has 1 aromatic heterocycles. The highest BCUT2D eigenvalue weighted by Crippen LogP contribution is 2.26. The molecule has 0 aliphatic carbocycles. The quantitative estimate of drug-likeness (QED) is 0.914. The summed E-state index contributed by atoms with van der Waals surface area (Å²) in [7, 11) is 1.61. The van der Waals surface area contributed by atoms with Crippen LogP contribution in [-0.4, -0.2) is 12.1 Å². The molecule has 1 heterocycles. The van der Waals surface area contributed by atoms with Crippen LogP contribution in [0, 0.1) is 0 Å². The molecule has 2 rings (SSSR count). The van der Waals surface area contributed by atoms with Crippen molar-refractivity contribution in [1.82, 2.24) is 4.98 Å². The average Bonchev–Trinajstić information content (AvgIpc) is 2.46. The largest absolute Gasteiger partial charge is 0.497 e. The lowest BCUT2D eigenvalue weighted by atomic mass is 10.2. The van der Waals surface area contributed by atoms with Crippen molar-refractivity contribution in [3.63, 3.8) is 0 Å². The minimum Gasteiger partial charge on any atom is -0.497 e. The van der Waals surface area contributed by atoms with Crippen molar-refractivity contribution in [3.05, 3.63) is 52.8 Å². The summed E-state index contributed by atoms with van der Waals surface area (Å²) in [6.07, 6.45) is 3.27. The molecule has 0 aliphatic rings. The molecule has 0 unspecified atom stereocenters. The second-order valence-electron chi connectivity index (χ2n) is 3.93. The van der Waals surface area contributed by atoms with E-state index in [0.29, 0.717) is 23.9 Å². The van der Waals surface area contributed by atoms with Gasteiger partial charge in [-0.1, -0.05) is 17.7 Å². The molecule has 4 nitrogen and oxygen atoms in total. The highest BCUT2D eigenvalue weighted by atomic mass is 35.5. The number of nitrogens with two attached hydrogens (primary N) is 1. The highest BCUT2D eigenvalue weighted by Gasteiger charge is 2.06. The van der Waals surface area contributed by atoms with E-state index in [0.717, 1.165) is 16.9 Å². The molecule has 2 N–H and O–H groups in total. The summed E-state index contributed by atoms with van der Waals surface area (Å²) in [5.74, 6) is 1.43. The lowest BCUT2D eigenvalue weighted by Gasteiger charge is -2.12. The van der Waals surface area contributed by atoms with Crippen molar-refractivity contribution in [2.24, 2.45) is 5.73 Å². The number of ether oxygens (including phenoxy) is 2. The van der Waals surface area contributed by atoms with E-state index >= 15 is 0 Å². The van der Waals surface area contributed by atoms with E-state index in [-0.39, 0.29) is 0 Å². The van der Waals surface area contributed by atoms with Crippen molar-refractivity contribution >= 4 is 11.6 Å². The molecular formula is C14H15ClN2O2. The zero-order valence-corrected chi connectivity index (χ0v) is 11.4. The van der Waals surface area contributed by atoms with Crippen molar-refractivity contribution in [1.29, 1.82) is 0 Å². The summed E-state index contributed by atoms with van der Waals surface area (Å²) in [6.45, 7) is 0.769. The fourth-order valence-electron chi connectivity index (χ4n) is 1.64. The maximum atomic E-state index is 6.03. The molecule has 0 saturated carbocycles. The van der Waals surface area contributed by atoms with Gasteiger partial charge in [-0.15, -0.1) is 0 Å². The third-order valence-electron chi connectivity index (χ3n) is 2.73. The molecule has 0 amide bonds. The van der Waals surface area contributed by atoms with Crippen LogP contribution in [0.4, 0.5) is 0 Å². The first-order valence-corrected chi connectivity index (χ1v) is 6.20. The Kier molecular flexibility index (Phi) is 4.60. The average molecular weight is 279 g/mol. The molecule has 0 spiro atoms. The van der Waals surface area contributed by atoms with Crippen LogP contribution >= 0.6 is 11.6 Å². The van der Waals surface area contributed by atoms with Crippen LogP contribution in [-0.2, 0) is 13.2 Å². The van der Waals surface area contributed by atoms with Gasteiger partial charge in [0.2, 0.25) is 0 Å². The van der Waals surface area contributed by atoms with E-state index in [9.17, 15) is 0 Å². The first-order valence-electron chi connectivity index (χ1n) is 5.82. The third kappa shape index (κ3) is 3.36. The number of nitrogens with zero attached hydrogens (tertiary/aromatic N) is 1. The SMILES string of the molecule is COc1ccc(CN)c(OCc2ccncc2Cl)c1. The first kappa shape index (κ1) is 13.6. The summed E-state index contributed by atoms with van der Waals surface area (Å²) in [5, 5.41) is 0.583. The number of benzene rings is 1. The van der Waals surface area contributed by atoms with Crippen LogP contribution < -0.4 is 15.2 Å². The molecule has 0 fully saturated rings. The topological polar surface area (TPSA) is 57.4 Å². The van der Waals surface area contributed by atoms with E-state index in [1.54, 1.807) is 19.5 Å². The van der Waals surface area contributed by atoms with Crippen molar-refractivity contribution in [2.75, 3.05) is 7.11 Å². The predicted molar refractivity (Wildman–Crippen MR) is 74.5 cm³/mol. The van der Waals surface area contributed by atoms with Crippen LogP contribution in [0.3, 0.4) is 0 Å². The molecule has 0 saturated heterocycles. The van der Waals surface area contributed by atoms with Crippen molar-refractivity contribution in [2.45, 2.75) is 13.2 Å². The zero-order chi connectivity index (χ0) is 13.7. The number of hydrogen-bond acceptors (Lipinski definition) is 4. The minimum absolute atomic E-state index is 0.363. The second-order valence-corrected chi connectivity index (χ2v) is 4.34. The number of methoxy groups -OCH3 is 1. The molecule has 5 heteroatoms. The standard InChI is InChI=1S/C14H15ClN2O2/c1-18-12-3-2-10(7-16)14(6-12)19-9-11-4-5-17-8-13(11)15/h2-6,8H,7,9,16H2,1H3. The summed E-state index contributed by atoms with van der Waals surface area (Å²) in [6, 6.07) is 7.39. The second kappa shape index (κ2) is 6.41. The number of pyridine rings is 1. The van der Waals surface area contributed by atoms with E-state index < -0.39 is 0 Å². The monoisotopic (exact) mass is 278 g/mol. The van der Waals surface area contributed by atoms with Gasteiger partial charge in [0.15, 0.2) is 0 Å². The summed E-state index contributed by atoms with van der Waals surface area (Å²) in [4.78, 5) is 3.93. The van der Waals surface area contributed by atoms with E-state index in [4.69, 9.17) is 26.8 Å². The van der Waals surface area contributed by atoms with Crippen molar-refractivity contribution < 1.29 is 9.47 Å². The van der Waals surface area contributed by atoms with Crippen LogP contribution in [0.15, 0.2) is 36.7 Å². The first-order chi connectivity index (χ1) is 9.24. The van der Waals surface area contributed by atoms with Gasteiger partial charge in [-0.05, 0) is 12.1 Å². The number of aromatic nitrogens is 1. The third-order valence-corrected chi connectivity index (χ3v) is 3.07. The van der Waals surface area contributed by atoms with Crippen LogP contribution in [0.2, 0.25) is 5.02 Å². The Hall–Kier alpha value is -1.78. The lowest BCUT2D eigenvalue weighted by molar-refractivity contribution is 0.300. The summed E-state index contributed by atoms with van der Waals surface area (Å²) in [5.41, 5.74) is 7.48. The molecule has 0 atom stereocenters. The van der Waals surface area contributed by atoms with Gasteiger partial charge in [0.05, 0.1) is 12.1 Å². The predicted octanol–water partition coefficient (Wildman–Crippen LogP) is 2.78. The molecule has 2 aromatic rings. The molecule has 100 valence electrons. The number of halogens is 1. The van der Waals surface area contributed by atoms with E-state index in [1.165, 1.54) is 0 Å². The highest BCUT2D eigenvalue weighted by molar-refractivity contribution is 6.31. The summed E-state index contributed by atoms with van der Waals surface area (Å²) >= 11 is 6.03. The van der Waals surface area contributed by atoms with Gasteiger partial charge in [-0.3, -0.25) is 4.98 Å². The molecule has 0 radical (unpaired) electrons. The van der Waals surface area contributed by atoms with Crippen LogP contribution in [0.5, 0.6) is 11.5 Å². The fourth-order valence-corrected chi connectivity index (χ4v) is 1.82. The van der Waals surface area contributed by atoms with Gasteiger partial charge in [-0.2, -0.15) is 0 Å². The molecule has 19 heavy (non-hydrogen) atoms. The maximum Gasteiger partial charge on any atom is 0.127 e. The number of rotatable bonds is 5. The Bertz CT molecular complexity index is 561. The van der Waals surface area contributed by atoms with Gasteiger partial charge in [-0.25, -0.2) is 0 Å². The minimum atomic E-state index is 0.363. The van der Waals surface area contributed by atoms with Gasteiger partial charge >= 0.3 is 0 Å². The van der Waals surface area contributed by atoms with Gasteiger partial charge in [0.25, 0.3) is 0 Å². The normalized spacial score (nSPS) is 10.3. The van der Waals surface area contributed by atoms with Crippen molar-refractivity contribution in [3.8, 4) is 11.5 Å². The Morgan fingerprint density at radius 2 is 2.11 bits per heavy atom. The molecule has 1 aromatic carbocycles. The van der Waals surface area contributed by atoms with Crippen LogP contribution in [0.25, 0.3) is 0 Å². The summed E-state index contributed by atoms with van der Waals surface area (Å²) < 4.78 is 10.9. The number of hydrogen-bond donors (Lipinski definition) is 1. The van der Waals surface area contributed by atoms with Gasteiger partial charge in [0, 0.05) is 36.1 Å². The van der Waals surface area contributed by atoms with Crippen LogP contribution in [0.1, 0.15) is 11.1 Å². The maximum absolute atomic E-state index is 6.03. The molecule has 0 bridgehead atoms. The Labute approximate surface area is 117 Å². The van der Waals surface area contributed by atoms with E-state index in [1.807, 2.05) is 24.3 Å². The fraction of sp³-hybridized carbons (Fsp3) is 0.214. The Morgan fingerprint density at radius 1 is 1.26 bits per heavy atom. The smallest absolute Gasteiger partial charge is 0.127 e. The molecular weight excluding hydrogens is 264 g/mol. The Balaban J connectivity index is 2.16. The van der Waals surface area contributed by atoms with Gasteiger partial charge in [0.1, 0.15) is 18.1 Å². The zero-order valence-electron chi connectivity index (χ0n) is 10.6. The molecule has 0 aliphatic heterocycles. The Morgan fingerprint density at radius 3 is 2.79 bits per heavy atom. The van der Waals surface area contributed by atoms with Gasteiger partial charge < -0.3 is 15.2 Å².